The van der Waals surface area contributed by atoms with Crippen LogP contribution in [0, 0.1) is 12.8 Å². The molecule has 2 heterocycles. The maximum atomic E-state index is 12.2. The SMILES string of the molecule is Cc1c(C(=O)NCCOCCC(C)C)nnn1C1CCNCC1.Cl. The summed E-state index contributed by atoms with van der Waals surface area (Å²) in [6.45, 7) is 9.97. The van der Waals surface area contributed by atoms with Crippen LogP contribution in [0.3, 0.4) is 0 Å². The van der Waals surface area contributed by atoms with Gasteiger partial charge in [-0.1, -0.05) is 19.1 Å². The van der Waals surface area contributed by atoms with Gasteiger partial charge in [-0.15, -0.1) is 17.5 Å². The molecule has 8 heteroatoms. The minimum Gasteiger partial charge on any atom is -0.380 e. The number of amides is 1. The van der Waals surface area contributed by atoms with Crippen molar-refractivity contribution in [3.05, 3.63) is 11.4 Å². The maximum absolute atomic E-state index is 12.2. The third-order valence-corrected chi connectivity index (χ3v) is 4.17. The molecule has 2 rings (SSSR count). The fourth-order valence-corrected chi connectivity index (χ4v) is 2.69. The van der Waals surface area contributed by atoms with Crippen molar-refractivity contribution >= 4 is 18.3 Å². The summed E-state index contributed by atoms with van der Waals surface area (Å²) in [6, 6.07) is 0.338. The minimum atomic E-state index is -0.171. The lowest BCUT2D eigenvalue weighted by Gasteiger charge is -2.23. The highest BCUT2D eigenvalue weighted by atomic mass is 35.5. The molecule has 1 saturated heterocycles. The Balaban J connectivity index is 0.00000288. The van der Waals surface area contributed by atoms with Gasteiger partial charge in [-0.2, -0.15) is 0 Å². The van der Waals surface area contributed by atoms with Gasteiger partial charge in [0.05, 0.1) is 18.3 Å². The normalized spacial score (nSPS) is 15.3. The Kier molecular flexibility index (Phi) is 9.25. The molecule has 0 radical (unpaired) electrons. The van der Waals surface area contributed by atoms with Crippen LogP contribution in [0.15, 0.2) is 0 Å². The molecule has 0 spiro atoms. The third-order valence-electron chi connectivity index (χ3n) is 4.17. The summed E-state index contributed by atoms with van der Waals surface area (Å²) >= 11 is 0. The number of carbonyl (C=O) groups is 1. The first kappa shape index (κ1) is 20.9. The first-order valence-corrected chi connectivity index (χ1v) is 8.58. The Hall–Kier alpha value is -1.18. The van der Waals surface area contributed by atoms with Crippen LogP contribution in [0.2, 0.25) is 0 Å². The zero-order valence-electron chi connectivity index (χ0n) is 14.9. The van der Waals surface area contributed by atoms with E-state index in [0.29, 0.717) is 30.8 Å². The molecule has 0 aromatic carbocycles. The highest BCUT2D eigenvalue weighted by Crippen LogP contribution is 2.20. The molecule has 0 saturated carbocycles. The van der Waals surface area contributed by atoms with Gasteiger partial charge in [0, 0.05) is 13.2 Å². The summed E-state index contributed by atoms with van der Waals surface area (Å²) in [7, 11) is 0. The van der Waals surface area contributed by atoms with Crippen LogP contribution >= 0.6 is 12.4 Å². The molecule has 1 aliphatic heterocycles. The third kappa shape index (κ3) is 6.03. The van der Waals surface area contributed by atoms with Crippen LogP contribution < -0.4 is 10.6 Å². The van der Waals surface area contributed by atoms with E-state index in [1.54, 1.807) is 0 Å². The summed E-state index contributed by atoms with van der Waals surface area (Å²) in [6.07, 6.45) is 3.08. The van der Waals surface area contributed by atoms with E-state index >= 15 is 0 Å². The van der Waals surface area contributed by atoms with Gasteiger partial charge >= 0.3 is 0 Å². The van der Waals surface area contributed by atoms with E-state index in [-0.39, 0.29) is 18.3 Å². The molecule has 0 atom stereocenters. The lowest BCUT2D eigenvalue weighted by Crippen LogP contribution is -2.31. The number of carbonyl (C=O) groups excluding carboxylic acids is 1. The van der Waals surface area contributed by atoms with Gasteiger partial charge in [0.25, 0.3) is 5.91 Å². The number of nitrogens with zero attached hydrogens (tertiary/aromatic N) is 3. The number of rotatable bonds is 8. The van der Waals surface area contributed by atoms with Crippen LogP contribution in [-0.4, -0.2) is 53.7 Å². The predicted octanol–water partition coefficient (Wildman–Crippen LogP) is 1.73. The van der Waals surface area contributed by atoms with E-state index in [0.717, 1.165) is 44.7 Å². The molecule has 1 amide bonds. The van der Waals surface area contributed by atoms with Gasteiger partial charge < -0.3 is 15.4 Å². The fourth-order valence-electron chi connectivity index (χ4n) is 2.69. The van der Waals surface area contributed by atoms with E-state index in [4.69, 9.17) is 4.74 Å². The highest BCUT2D eigenvalue weighted by Gasteiger charge is 2.22. The molecule has 7 nitrogen and oxygen atoms in total. The number of hydrogen-bond acceptors (Lipinski definition) is 5. The molecule has 1 fully saturated rings. The number of aromatic nitrogens is 3. The first-order chi connectivity index (χ1) is 11.1. The Labute approximate surface area is 150 Å². The zero-order chi connectivity index (χ0) is 16.7. The lowest BCUT2D eigenvalue weighted by atomic mass is 10.1. The number of hydrogen-bond donors (Lipinski definition) is 2. The van der Waals surface area contributed by atoms with Crippen LogP contribution in [0.5, 0.6) is 0 Å². The zero-order valence-corrected chi connectivity index (χ0v) is 15.7. The molecular weight excluding hydrogens is 330 g/mol. The van der Waals surface area contributed by atoms with Crippen LogP contribution in [0.4, 0.5) is 0 Å². The molecular formula is C16H30ClN5O2. The Morgan fingerprint density at radius 2 is 2.08 bits per heavy atom. The van der Waals surface area contributed by atoms with Gasteiger partial charge in [0.2, 0.25) is 0 Å². The predicted molar refractivity (Wildman–Crippen MR) is 95.8 cm³/mol. The van der Waals surface area contributed by atoms with Gasteiger partial charge in [-0.05, 0) is 45.2 Å². The van der Waals surface area contributed by atoms with Crippen molar-refractivity contribution in [1.29, 1.82) is 0 Å². The van der Waals surface area contributed by atoms with Crippen LogP contribution in [0.25, 0.3) is 0 Å². The van der Waals surface area contributed by atoms with Crippen molar-refractivity contribution in [2.45, 2.75) is 46.1 Å². The Morgan fingerprint density at radius 3 is 2.75 bits per heavy atom. The molecule has 0 unspecified atom stereocenters. The first-order valence-electron chi connectivity index (χ1n) is 8.58. The highest BCUT2D eigenvalue weighted by molar-refractivity contribution is 5.93. The second-order valence-corrected chi connectivity index (χ2v) is 6.50. The van der Waals surface area contributed by atoms with Crippen molar-refractivity contribution in [1.82, 2.24) is 25.6 Å². The van der Waals surface area contributed by atoms with Crippen LogP contribution in [-0.2, 0) is 4.74 Å². The molecule has 138 valence electrons. The molecule has 0 bridgehead atoms. The van der Waals surface area contributed by atoms with Gasteiger partial charge in [-0.3, -0.25) is 4.79 Å². The quantitative estimate of drug-likeness (QED) is 0.691. The lowest BCUT2D eigenvalue weighted by molar-refractivity contribution is 0.0900. The molecule has 0 aliphatic carbocycles. The van der Waals surface area contributed by atoms with Gasteiger partial charge in [0.1, 0.15) is 0 Å². The van der Waals surface area contributed by atoms with Crippen molar-refractivity contribution in [2.24, 2.45) is 5.92 Å². The molecule has 1 aromatic rings. The molecule has 2 N–H and O–H groups in total. The van der Waals surface area contributed by atoms with Crippen molar-refractivity contribution in [3.63, 3.8) is 0 Å². The largest absolute Gasteiger partial charge is 0.380 e. The van der Waals surface area contributed by atoms with E-state index in [1.807, 2.05) is 11.6 Å². The summed E-state index contributed by atoms with van der Waals surface area (Å²) in [5.74, 6) is 0.465. The topological polar surface area (TPSA) is 81.1 Å². The molecule has 1 aliphatic rings. The van der Waals surface area contributed by atoms with Crippen molar-refractivity contribution in [3.8, 4) is 0 Å². The standard InChI is InChI=1S/C16H29N5O2.ClH/c1-12(2)6-10-23-11-9-18-16(22)15-13(3)21(20-19-15)14-4-7-17-8-5-14;/h12,14,17H,4-11H2,1-3H3,(H,18,22);1H. The maximum Gasteiger partial charge on any atom is 0.273 e. The van der Waals surface area contributed by atoms with E-state index in [2.05, 4.69) is 34.8 Å². The molecule has 1 aromatic heterocycles. The van der Waals surface area contributed by atoms with Crippen molar-refractivity contribution in [2.75, 3.05) is 32.8 Å². The summed E-state index contributed by atoms with van der Waals surface area (Å²) < 4.78 is 7.40. The summed E-state index contributed by atoms with van der Waals surface area (Å²) in [5.41, 5.74) is 1.26. The monoisotopic (exact) mass is 359 g/mol. The van der Waals surface area contributed by atoms with Crippen molar-refractivity contribution < 1.29 is 9.53 Å². The average Bonchev–Trinajstić information content (AvgIpc) is 2.93. The Morgan fingerprint density at radius 1 is 1.38 bits per heavy atom. The summed E-state index contributed by atoms with van der Waals surface area (Å²) in [5, 5.41) is 14.4. The van der Waals surface area contributed by atoms with E-state index in [9.17, 15) is 4.79 Å². The average molecular weight is 360 g/mol. The van der Waals surface area contributed by atoms with E-state index < -0.39 is 0 Å². The van der Waals surface area contributed by atoms with Crippen LogP contribution in [0.1, 0.15) is 55.3 Å². The number of halogens is 1. The molecule has 24 heavy (non-hydrogen) atoms. The smallest absolute Gasteiger partial charge is 0.273 e. The Bertz CT molecular complexity index is 501. The number of nitrogens with one attached hydrogen (secondary N) is 2. The van der Waals surface area contributed by atoms with Gasteiger partial charge in [0.15, 0.2) is 5.69 Å². The van der Waals surface area contributed by atoms with E-state index in [1.165, 1.54) is 0 Å². The minimum absolute atomic E-state index is 0. The summed E-state index contributed by atoms with van der Waals surface area (Å²) in [4.78, 5) is 12.2. The fraction of sp³-hybridized carbons (Fsp3) is 0.812. The second-order valence-electron chi connectivity index (χ2n) is 6.50. The number of piperidine rings is 1. The van der Waals surface area contributed by atoms with Gasteiger partial charge in [-0.25, -0.2) is 4.68 Å². The number of ether oxygens (including phenoxy) is 1. The second kappa shape index (κ2) is 10.6.